The monoisotopic (exact) mass is 239 g/mol. The number of Topliss-reactive ketones (excluding diaryl/α,β-unsaturated/α-hetero) is 1. The zero-order valence-corrected chi connectivity index (χ0v) is 9.87. The molecular weight excluding hydrogens is 224 g/mol. The first kappa shape index (κ1) is 10.0. The summed E-state index contributed by atoms with van der Waals surface area (Å²) in [6, 6.07) is 17.0. The summed E-state index contributed by atoms with van der Waals surface area (Å²) in [5, 5.41) is 0. The Morgan fingerprint density at radius 3 is 2.61 bits per heavy atom. The number of epoxide rings is 1. The highest BCUT2D eigenvalue weighted by Crippen LogP contribution is 2.40. The van der Waals surface area contributed by atoms with Crippen LogP contribution < -0.4 is 0 Å². The first-order chi connectivity index (χ1) is 9.31. The molecule has 2 heteroatoms. The zero-order chi connectivity index (χ0) is 13.2. The largest absolute Gasteiger partial charge is 0.356 e. The standard InChI is InChI=1S/C16H14O2/c1-11-7-5-6-10-13(11)14(17)16-15(18-16)12-8-3-2-4-9-12/h2-10,15-16H,1H3/i1D. The van der Waals surface area contributed by atoms with E-state index >= 15 is 0 Å². The van der Waals surface area contributed by atoms with E-state index in [2.05, 4.69) is 0 Å². The fourth-order valence-electron chi connectivity index (χ4n) is 2.12. The summed E-state index contributed by atoms with van der Waals surface area (Å²) >= 11 is 0. The third-order valence-corrected chi connectivity index (χ3v) is 3.16. The van der Waals surface area contributed by atoms with Gasteiger partial charge in [-0.15, -0.1) is 0 Å². The normalized spacial score (nSPS) is 22.3. The summed E-state index contributed by atoms with van der Waals surface area (Å²) in [5.74, 6) is -0.0169. The van der Waals surface area contributed by atoms with Crippen molar-refractivity contribution in [2.75, 3.05) is 0 Å². The van der Waals surface area contributed by atoms with E-state index in [0.717, 1.165) is 11.1 Å². The minimum atomic E-state index is -0.393. The lowest BCUT2D eigenvalue weighted by Crippen LogP contribution is -2.09. The molecule has 3 rings (SSSR count). The van der Waals surface area contributed by atoms with Crippen LogP contribution in [-0.2, 0) is 4.74 Å². The van der Waals surface area contributed by atoms with Crippen LogP contribution >= 0.6 is 0 Å². The van der Waals surface area contributed by atoms with Crippen molar-refractivity contribution in [1.29, 1.82) is 0 Å². The zero-order valence-electron chi connectivity index (χ0n) is 10.9. The Labute approximate surface area is 108 Å². The molecule has 2 atom stereocenters. The van der Waals surface area contributed by atoms with E-state index < -0.39 is 6.10 Å². The van der Waals surface area contributed by atoms with Crippen LogP contribution in [0.1, 0.15) is 29.0 Å². The van der Waals surface area contributed by atoms with Crippen LogP contribution in [0.3, 0.4) is 0 Å². The molecule has 0 bridgehead atoms. The van der Waals surface area contributed by atoms with Crippen LogP contribution in [0, 0.1) is 6.90 Å². The van der Waals surface area contributed by atoms with E-state index in [1.54, 1.807) is 6.07 Å². The quantitative estimate of drug-likeness (QED) is 0.607. The molecule has 2 aromatic rings. The summed E-state index contributed by atoms with van der Waals surface area (Å²) < 4.78 is 13.0. The van der Waals surface area contributed by atoms with Gasteiger partial charge in [0, 0.05) is 6.93 Å². The Kier molecular flexibility index (Phi) is 2.45. The highest BCUT2D eigenvalue weighted by atomic mass is 16.6. The Morgan fingerprint density at radius 1 is 1.11 bits per heavy atom. The SMILES string of the molecule is [2H]Cc1ccccc1C(=O)C1OC1c1ccccc1. The van der Waals surface area contributed by atoms with Gasteiger partial charge in [0.1, 0.15) is 6.10 Å². The second-order valence-electron chi connectivity index (χ2n) is 4.41. The van der Waals surface area contributed by atoms with Gasteiger partial charge < -0.3 is 4.74 Å². The van der Waals surface area contributed by atoms with Crippen molar-refractivity contribution in [1.82, 2.24) is 0 Å². The van der Waals surface area contributed by atoms with Crippen molar-refractivity contribution in [2.45, 2.75) is 19.1 Å². The van der Waals surface area contributed by atoms with Crippen LogP contribution in [0.15, 0.2) is 54.6 Å². The van der Waals surface area contributed by atoms with Gasteiger partial charge in [0.05, 0.1) is 0 Å². The number of hydrogen-bond acceptors (Lipinski definition) is 2. The maximum absolute atomic E-state index is 12.4. The van der Waals surface area contributed by atoms with Gasteiger partial charge in [0.25, 0.3) is 0 Å². The van der Waals surface area contributed by atoms with E-state index in [-0.39, 0.29) is 18.8 Å². The van der Waals surface area contributed by atoms with Gasteiger partial charge in [-0.3, -0.25) is 4.79 Å². The number of carbonyl (C=O) groups excluding carboxylic acids is 1. The Balaban J connectivity index is 1.80. The van der Waals surface area contributed by atoms with Crippen LogP contribution in [0.5, 0.6) is 0 Å². The first-order valence-electron chi connectivity index (χ1n) is 6.63. The van der Waals surface area contributed by atoms with Crippen LogP contribution in [-0.4, -0.2) is 11.9 Å². The average molecular weight is 239 g/mol. The van der Waals surface area contributed by atoms with Crippen molar-refractivity contribution < 1.29 is 10.9 Å². The molecule has 0 spiro atoms. The lowest BCUT2D eigenvalue weighted by molar-refractivity contribution is 0.0953. The van der Waals surface area contributed by atoms with E-state index in [0.29, 0.717) is 5.56 Å². The second kappa shape index (κ2) is 4.39. The topological polar surface area (TPSA) is 29.6 Å². The summed E-state index contributed by atoms with van der Waals surface area (Å²) in [7, 11) is 0. The fraction of sp³-hybridized carbons (Fsp3) is 0.188. The summed E-state index contributed by atoms with van der Waals surface area (Å²) in [6.45, 7) is 0.116. The molecule has 1 aliphatic heterocycles. The van der Waals surface area contributed by atoms with Gasteiger partial charge >= 0.3 is 0 Å². The molecule has 0 N–H and O–H groups in total. The Hall–Kier alpha value is -1.93. The molecule has 1 heterocycles. The van der Waals surface area contributed by atoms with Gasteiger partial charge in [0.2, 0.25) is 0 Å². The predicted octanol–water partition coefficient (Wildman–Crippen LogP) is 3.32. The minimum absolute atomic E-state index is 0.0169. The number of carbonyl (C=O) groups is 1. The van der Waals surface area contributed by atoms with Gasteiger partial charge in [-0.25, -0.2) is 0 Å². The van der Waals surface area contributed by atoms with Crippen molar-refractivity contribution in [3.8, 4) is 0 Å². The highest BCUT2D eigenvalue weighted by molar-refractivity contribution is 6.02. The van der Waals surface area contributed by atoms with E-state index in [1.165, 1.54) is 0 Å². The predicted molar refractivity (Wildman–Crippen MR) is 69.6 cm³/mol. The summed E-state index contributed by atoms with van der Waals surface area (Å²) in [4.78, 5) is 12.4. The maximum atomic E-state index is 12.4. The number of hydrogen-bond donors (Lipinski definition) is 0. The third kappa shape index (κ3) is 1.95. The smallest absolute Gasteiger partial charge is 0.194 e. The molecule has 18 heavy (non-hydrogen) atoms. The lowest BCUT2D eigenvalue weighted by Gasteiger charge is -2.01. The number of ketones is 1. The molecule has 0 saturated carbocycles. The molecule has 2 unspecified atom stereocenters. The molecule has 0 amide bonds. The lowest BCUT2D eigenvalue weighted by atomic mass is 9.99. The summed E-state index contributed by atoms with van der Waals surface area (Å²) in [6.07, 6.45) is -0.525. The molecule has 1 fully saturated rings. The third-order valence-electron chi connectivity index (χ3n) is 3.16. The molecule has 0 aliphatic carbocycles. The Morgan fingerprint density at radius 2 is 1.83 bits per heavy atom. The van der Waals surface area contributed by atoms with Gasteiger partial charge in [-0.05, 0) is 18.0 Å². The van der Waals surface area contributed by atoms with Crippen molar-refractivity contribution >= 4 is 5.78 Å². The molecule has 0 aromatic heterocycles. The average Bonchev–Trinajstić information content (AvgIpc) is 3.28. The molecule has 90 valence electrons. The minimum Gasteiger partial charge on any atom is -0.356 e. The maximum Gasteiger partial charge on any atom is 0.194 e. The highest BCUT2D eigenvalue weighted by Gasteiger charge is 2.46. The molecule has 1 aliphatic rings. The van der Waals surface area contributed by atoms with E-state index in [9.17, 15) is 4.79 Å². The van der Waals surface area contributed by atoms with Gasteiger partial charge in [-0.1, -0.05) is 54.6 Å². The van der Waals surface area contributed by atoms with Crippen molar-refractivity contribution in [3.63, 3.8) is 0 Å². The van der Waals surface area contributed by atoms with Gasteiger partial charge in [-0.2, -0.15) is 0 Å². The van der Waals surface area contributed by atoms with E-state index in [4.69, 9.17) is 6.11 Å². The molecule has 0 radical (unpaired) electrons. The van der Waals surface area contributed by atoms with E-state index in [1.807, 2.05) is 48.5 Å². The molecule has 1 saturated heterocycles. The van der Waals surface area contributed by atoms with Gasteiger partial charge in [0.15, 0.2) is 11.9 Å². The second-order valence-corrected chi connectivity index (χ2v) is 4.41. The Bertz CT molecular complexity index is 595. The number of rotatable bonds is 3. The van der Waals surface area contributed by atoms with Crippen molar-refractivity contribution in [2.24, 2.45) is 0 Å². The summed E-state index contributed by atoms with van der Waals surface area (Å²) in [5.41, 5.74) is 2.40. The number of aryl methyl sites for hydroxylation is 1. The molecular formula is C16H14O2. The van der Waals surface area contributed by atoms with Crippen molar-refractivity contribution in [3.05, 3.63) is 71.3 Å². The first-order valence-corrected chi connectivity index (χ1v) is 5.93. The van der Waals surface area contributed by atoms with Crippen LogP contribution in [0.2, 0.25) is 0 Å². The molecule has 2 nitrogen and oxygen atoms in total. The molecule has 2 aromatic carbocycles. The number of benzene rings is 2. The number of ether oxygens (including phenoxy) is 1. The van der Waals surface area contributed by atoms with Crippen LogP contribution in [0.25, 0.3) is 0 Å². The van der Waals surface area contributed by atoms with Crippen LogP contribution in [0.4, 0.5) is 0 Å². The fourth-order valence-corrected chi connectivity index (χ4v) is 2.12.